The van der Waals surface area contributed by atoms with Crippen LogP contribution in [0.2, 0.25) is 0 Å². The fraction of sp³-hybridized carbons (Fsp3) is 0.947. The van der Waals surface area contributed by atoms with Crippen LogP contribution in [-0.2, 0) is 0 Å². The molecule has 2 fully saturated rings. The van der Waals surface area contributed by atoms with E-state index >= 15 is 0 Å². The van der Waals surface area contributed by atoms with Gasteiger partial charge in [-0.2, -0.15) is 5.26 Å². The van der Waals surface area contributed by atoms with Gasteiger partial charge < -0.3 is 0 Å². The van der Waals surface area contributed by atoms with Crippen LogP contribution in [0.15, 0.2) is 0 Å². The normalized spacial score (nSPS) is 32.1. The van der Waals surface area contributed by atoms with Crippen LogP contribution in [0.3, 0.4) is 0 Å². The van der Waals surface area contributed by atoms with Gasteiger partial charge in [-0.3, -0.25) is 4.90 Å². The Morgan fingerprint density at radius 1 is 1.05 bits per heavy atom. The zero-order valence-corrected chi connectivity index (χ0v) is 14.6. The Morgan fingerprint density at radius 3 is 2.24 bits per heavy atom. The third-order valence-electron chi connectivity index (χ3n) is 6.04. The first-order valence-electron chi connectivity index (χ1n) is 9.12. The van der Waals surface area contributed by atoms with E-state index in [2.05, 4.69) is 38.7 Å². The maximum Gasteiger partial charge on any atom is 0.0672 e. The fourth-order valence-corrected chi connectivity index (χ4v) is 4.63. The van der Waals surface area contributed by atoms with Crippen molar-refractivity contribution < 1.29 is 0 Å². The maximum absolute atomic E-state index is 9.62. The first kappa shape index (κ1) is 16.8. The fourth-order valence-electron chi connectivity index (χ4n) is 4.63. The summed E-state index contributed by atoms with van der Waals surface area (Å²) < 4.78 is 0. The summed E-state index contributed by atoms with van der Waals surface area (Å²) in [5, 5.41) is 9.62. The van der Waals surface area contributed by atoms with Crippen LogP contribution in [0, 0.1) is 28.6 Å². The van der Waals surface area contributed by atoms with Crippen molar-refractivity contribution in [3.05, 3.63) is 0 Å². The smallest absolute Gasteiger partial charge is 0.0672 e. The Labute approximate surface area is 131 Å². The third-order valence-corrected chi connectivity index (χ3v) is 6.04. The van der Waals surface area contributed by atoms with Gasteiger partial charge in [-0.1, -0.05) is 47.0 Å². The van der Waals surface area contributed by atoms with E-state index in [-0.39, 0.29) is 5.92 Å². The van der Waals surface area contributed by atoms with Gasteiger partial charge in [-0.05, 0) is 50.0 Å². The molecule has 120 valence electrons. The largest absolute Gasteiger partial charge is 0.296 e. The molecular formula is C19H34N2. The van der Waals surface area contributed by atoms with Gasteiger partial charge in [-0.25, -0.2) is 0 Å². The molecule has 0 bridgehead atoms. The summed E-state index contributed by atoms with van der Waals surface area (Å²) in [4.78, 5) is 2.71. The highest BCUT2D eigenvalue weighted by molar-refractivity contribution is 5.00. The molecule has 21 heavy (non-hydrogen) atoms. The van der Waals surface area contributed by atoms with Crippen LogP contribution in [0.25, 0.3) is 0 Å². The van der Waals surface area contributed by atoms with E-state index in [0.29, 0.717) is 11.5 Å². The molecule has 3 atom stereocenters. The predicted octanol–water partition coefficient (Wildman–Crippen LogP) is 5.00. The van der Waals surface area contributed by atoms with Crippen molar-refractivity contribution in [2.75, 3.05) is 6.54 Å². The van der Waals surface area contributed by atoms with Crippen molar-refractivity contribution in [1.29, 1.82) is 5.26 Å². The zero-order valence-electron chi connectivity index (χ0n) is 14.6. The van der Waals surface area contributed by atoms with E-state index < -0.39 is 0 Å². The van der Waals surface area contributed by atoms with Crippen LogP contribution < -0.4 is 0 Å². The van der Waals surface area contributed by atoms with Gasteiger partial charge in [0, 0.05) is 12.1 Å². The van der Waals surface area contributed by atoms with Crippen LogP contribution in [0.1, 0.15) is 79.1 Å². The lowest BCUT2D eigenvalue weighted by atomic mass is 9.67. The molecule has 0 amide bonds. The molecule has 0 aromatic heterocycles. The summed E-state index contributed by atoms with van der Waals surface area (Å²) in [6.07, 6.45) is 10.4. The van der Waals surface area contributed by atoms with E-state index in [1.165, 1.54) is 44.9 Å². The topological polar surface area (TPSA) is 27.0 Å². The maximum atomic E-state index is 9.62. The molecule has 3 unspecified atom stereocenters. The Bertz CT molecular complexity index is 357. The predicted molar refractivity (Wildman–Crippen MR) is 88.9 cm³/mol. The average Bonchev–Trinajstić information content (AvgIpc) is 2.48. The number of rotatable bonds is 3. The molecule has 0 heterocycles. The lowest BCUT2D eigenvalue weighted by Gasteiger charge is -2.47. The minimum Gasteiger partial charge on any atom is -0.296 e. The molecule has 0 aromatic carbocycles. The van der Waals surface area contributed by atoms with Gasteiger partial charge in [0.15, 0.2) is 0 Å². The van der Waals surface area contributed by atoms with E-state index in [4.69, 9.17) is 0 Å². The minimum atomic E-state index is 0.255. The number of nitrogens with zero attached hydrogens (tertiary/aromatic N) is 2. The standard InChI is InChI=1S/C19H34N2/c1-5-21(17-9-7-6-8-10-17)18-13-16(19(2,3)4)12-11-15(18)14-20/h15-18H,5-13H2,1-4H3. The quantitative estimate of drug-likeness (QED) is 0.731. The highest BCUT2D eigenvalue weighted by Gasteiger charge is 2.40. The molecule has 2 saturated carbocycles. The van der Waals surface area contributed by atoms with Gasteiger partial charge in [0.25, 0.3) is 0 Å². The number of hydrogen-bond acceptors (Lipinski definition) is 2. The first-order chi connectivity index (χ1) is 9.97. The van der Waals surface area contributed by atoms with Gasteiger partial charge in [-0.15, -0.1) is 0 Å². The second kappa shape index (κ2) is 7.14. The summed E-state index contributed by atoms with van der Waals surface area (Å²) in [7, 11) is 0. The zero-order chi connectivity index (χ0) is 15.5. The minimum absolute atomic E-state index is 0.255. The van der Waals surface area contributed by atoms with E-state index in [1.807, 2.05) is 0 Å². The molecule has 0 aliphatic heterocycles. The van der Waals surface area contributed by atoms with E-state index in [1.54, 1.807) is 0 Å². The molecule has 0 spiro atoms. The third kappa shape index (κ3) is 4.01. The van der Waals surface area contributed by atoms with Gasteiger partial charge in [0.2, 0.25) is 0 Å². The van der Waals surface area contributed by atoms with Gasteiger partial charge >= 0.3 is 0 Å². The summed E-state index contributed by atoms with van der Waals surface area (Å²) in [6.45, 7) is 10.5. The summed E-state index contributed by atoms with van der Waals surface area (Å²) in [5.41, 5.74) is 0.380. The Kier molecular flexibility index (Phi) is 5.72. The lowest BCUT2D eigenvalue weighted by molar-refractivity contribution is 0.0261. The molecule has 2 aliphatic rings. The van der Waals surface area contributed by atoms with Crippen molar-refractivity contribution in [2.24, 2.45) is 17.3 Å². The summed E-state index contributed by atoms with van der Waals surface area (Å²) >= 11 is 0. The Balaban J connectivity index is 2.12. The van der Waals surface area contributed by atoms with Gasteiger partial charge in [0.05, 0.1) is 12.0 Å². The summed E-state index contributed by atoms with van der Waals surface area (Å²) in [6, 6.07) is 3.88. The number of nitriles is 1. The van der Waals surface area contributed by atoms with Crippen LogP contribution in [0.4, 0.5) is 0 Å². The highest BCUT2D eigenvalue weighted by Crippen LogP contribution is 2.42. The SMILES string of the molecule is CCN(C1CCCCC1)C1CC(C(C)(C)C)CCC1C#N. The monoisotopic (exact) mass is 290 g/mol. The van der Waals surface area contributed by atoms with Crippen molar-refractivity contribution in [3.63, 3.8) is 0 Å². The molecular weight excluding hydrogens is 256 g/mol. The second-order valence-electron chi connectivity index (χ2n) is 8.30. The van der Waals surface area contributed by atoms with Crippen molar-refractivity contribution >= 4 is 0 Å². The van der Waals surface area contributed by atoms with E-state index in [9.17, 15) is 5.26 Å². The van der Waals surface area contributed by atoms with Crippen LogP contribution >= 0.6 is 0 Å². The van der Waals surface area contributed by atoms with Gasteiger partial charge in [0.1, 0.15) is 0 Å². The molecule has 0 aromatic rings. The molecule has 2 rings (SSSR count). The Morgan fingerprint density at radius 2 is 1.71 bits per heavy atom. The van der Waals surface area contributed by atoms with Crippen LogP contribution in [0.5, 0.6) is 0 Å². The molecule has 2 aliphatic carbocycles. The molecule has 0 N–H and O–H groups in total. The molecule has 0 radical (unpaired) electrons. The molecule has 0 saturated heterocycles. The van der Waals surface area contributed by atoms with Crippen molar-refractivity contribution in [2.45, 2.75) is 91.1 Å². The van der Waals surface area contributed by atoms with E-state index in [0.717, 1.165) is 24.9 Å². The Hall–Kier alpha value is -0.550. The van der Waals surface area contributed by atoms with Crippen molar-refractivity contribution in [1.82, 2.24) is 4.90 Å². The molecule has 2 nitrogen and oxygen atoms in total. The van der Waals surface area contributed by atoms with Crippen molar-refractivity contribution in [3.8, 4) is 6.07 Å². The average molecular weight is 290 g/mol. The van der Waals surface area contributed by atoms with Crippen LogP contribution in [-0.4, -0.2) is 23.5 Å². The summed E-state index contributed by atoms with van der Waals surface area (Å²) in [5.74, 6) is 1.02. The number of hydrogen-bond donors (Lipinski definition) is 0. The molecule has 2 heteroatoms. The highest BCUT2D eigenvalue weighted by atomic mass is 15.2. The lowest BCUT2D eigenvalue weighted by Crippen LogP contribution is -2.50. The second-order valence-corrected chi connectivity index (χ2v) is 8.30. The first-order valence-corrected chi connectivity index (χ1v) is 9.12.